The molecule has 2 N–H and O–H groups in total. The molecule has 106 valence electrons. The van der Waals surface area contributed by atoms with Gasteiger partial charge in [-0.05, 0) is 26.0 Å². The fourth-order valence-corrected chi connectivity index (χ4v) is 2.31. The zero-order chi connectivity index (χ0) is 15.0. The van der Waals surface area contributed by atoms with Crippen molar-refractivity contribution >= 4 is 22.6 Å². The van der Waals surface area contributed by atoms with Gasteiger partial charge in [-0.1, -0.05) is 0 Å². The number of nitrogen functional groups attached to an aromatic ring is 1. The van der Waals surface area contributed by atoms with E-state index in [0.717, 1.165) is 11.0 Å². The number of fused-ring (bicyclic) bond motifs is 1. The van der Waals surface area contributed by atoms with Gasteiger partial charge in [0.25, 0.3) is 0 Å². The van der Waals surface area contributed by atoms with Crippen LogP contribution >= 0.6 is 0 Å². The maximum absolute atomic E-state index is 12.7. The normalized spacial score (nSPS) is 11.2. The van der Waals surface area contributed by atoms with Crippen LogP contribution in [0.2, 0.25) is 0 Å². The van der Waals surface area contributed by atoms with Crippen molar-refractivity contribution in [3.05, 3.63) is 48.2 Å². The number of ketones is 1. The highest BCUT2D eigenvalue weighted by Gasteiger charge is 2.19. The molecule has 0 atom stereocenters. The lowest BCUT2D eigenvalue weighted by atomic mass is 10.1. The first-order valence-corrected chi connectivity index (χ1v) is 6.64. The molecule has 0 aliphatic carbocycles. The minimum atomic E-state index is -0.108. The Labute approximate surface area is 121 Å². The highest BCUT2D eigenvalue weighted by molar-refractivity contribution is 6.16. The van der Waals surface area contributed by atoms with Gasteiger partial charge in [-0.2, -0.15) is 0 Å². The van der Waals surface area contributed by atoms with Crippen LogP contribution in [0.4, 0.5) is 5.82 Å². The molecule has 0 unspecified atom stereocenters. The number of nitrogens with zero attached hydrogens (tertiary/aromatic N) is 4. The van der Waals surface area contributed by atoms with Crippen LogP contribution in [0.15, 0.2) is 37.1 Å². The van der Waals surface area contributed by atoms with E-state index in [1.807, 2.05) is 24.6 Å². The van der Waals surface area contributed by atoms with Crippen molar-refractivity contribution in [2.45, 2.75) is 19.9 Å². The van der Waals surface area contributed by atoms with Gasteiger partial charge in [0.1, 0.15) is 17.8 Å². The SMILES string of the molecule is CC(C)n1cc(C(=O)c2ccnc(N)c2)c2cncnc21. The number of rotatable bonds is 3. The van der Waals surface area contributed by atoms with Crippen molar-refractivity contribution in [2.75, 3.05) is 5.73 Å². The number of hydrogen-bond donors (Lipinski definition) is 1. The van der Waals surface area contributed by atoms with Crippen LogP contribution in [0.25, 0.3) is 11.0 Å². The molecule has 6 heteroatoms. The monoisotopic (exact) mass is 281 g/mol. The molecule has 0 radical (unpaired) electrons. The number of hydrogen-bond acceptors (Lipinski definition) is 5. The molecule has 0 fully saturated rings. The molecular weight excluding hydrogens is 266 g/mol. The predicted octanol–water partition coefficient (Wildman–Crippen LogP) is 2.22. The predicted molar refractivity (Wildman–Crippen MR) is 80.0 cm³/mol. The lowest BCUT2D eigenvalue weighted by Crippen LogP contribution is -2.03. The second kappa shape index (κ2) is 4.97. The Kier molecular flexibility index (Phi) is 3.13. The summed E-state index contributed by atoms with van der Waals surface area (Å²) in [4.78, 5) is 24.9. The van der Waals surface area contributed by atoms with E-state index in [9.17, 15) is 4.79 Å². The van der Waals surface area contributed by atoms with Crippen LogP contribution in [-0.4, -0.2) is 25.3 Å². The van der Waals surface area contributed by atoms with Gasteiger partial charge in [0.05, 0.1) is 5.56 Å². The molecule has 0 saturated heterocycles. The molecule has 0 aliphatic rings. The lowest BCUT2D eigenvalue weighted by molar-refractivity contribution is 0.104. The van der Waals surface area contributed by atoms with Crippen LogP contribution in [0.3, 0.4) is 0 Å². The summed E-state index contributed by atoms with van der Waals surface area (Å²) < 4.78 is 1.97. The summed E-state index contributed by atoms with van der Waals surface area (Å²) in [5.74, 6) is 0.216. The van der Waals surface area contributed by atoms with E-state index in [1.165, 1.54) is 12.5 Å². The molecule has 21 heavy (non-hydrogen) atoms. The van der Waals surface area contributed by atoms with Crippen molar-refractivity contribution in [2.24, 2.45) is 0 Å². The van der Waals surface area contributed by atoms with Crippen LogP contribution in [-0.2, 0) is 0 Å². The van der Waals surface area contributed by atoms with Crippen molar-refractivity contribution in [1.29, 1.82) is 0 Å². The molecule has 3 heterocycles. The third-order valence-corrected chi connectivity index (χ3v) is 3.34. The minimum absolute atomic E-state index is 0.108. The summed E-state index contributed by atoms with van der Waals surface area (Å²) in [6, 6.07) is 3.43. The number of aromatic nitrogens is 4. The Morgan fingerprint density at radius 3 is 2.86 bits per heavy atom. The van der Waals surface area contributed by atoms with Crippen LogP contribution < -0.4 is 5.73 Å². The van der Waals surface area contributed by atoms with E-state index in [2.05, 4.69) is 15.0 Å². The van der Waals surface area contributed by atoms with Crippen LogP contribution in [0.1, 0.15) is 35.8 Å². The molecule has 3 aromatic heterocycles. The highest BCUT2D eigenvalue weighted by Crippen LogP contribution is 2.24. The quantitative estimate of drug-likeness (QED) is 0.744. The van der Waals surface area contributed by atoms with Gasteiger partial charge >= 0.3 is 0 Å². The molecule has 6 nitrogen and oxygen atoms in total. The molecule has 0 amide bonds. The summed E-state index contributed by atoms with van der Waals surface area (Å²) in [7, 11) is 0. The van der Waals surface area contributed by atoms with Crippen LogP contribution in [0.5, 0.6) is 0 Å². The number of pyridine rings is 1. The van der Waals surface area contributed by atoms with E-state index >= 15 is 0 Å². The largest absolute Gasteiger partial charge is 0.384 e. The number of carbonyl (C=O) groups excluding carboxylic acids is 1. The Bertz CT molecular complexity index is 822. The summed E-state index contributed by atoms with van der Waals surface area (Å²) in [6.45, 7) is 4.08. The maximum atomic E-state index is 12.7. The Morgan fingerprint density at radius 2 is 2.14 bits per heavy atom. The number of carbonyl (C=O) groups is 1. The molecular formula is C15H15N5O. The smallest absolute Gasteiger partial charge is 0.195 e. The van der Waals surface area contributed by atoms with Gasteiger partial charge in [-0.3, -0.25) is 4.79 Å². The summed E-state index contributed by atoms with van der Waals surface area (Å²) in [5, 5.41) is 0.742. The zero-order valence-corrected chi connectivity index (χ0v) is 11.8. The summed E-state index contributed by atoms with van der Waals surface area (Å²) in [5.41, 5.74) is 7.48. The first-order valence-electron chi connectivity index (χ1n) is 6.64. The second-order valence-corrected chi connectivity index (χ2v) is 5.10. The second-order valence-electron chi connectivity index (χ2n) is 5.10. The van der Waals surface area contributed by atoms with Gasteiger partial charge < -0.3 is 10.3 Å². The molecule has 0 spiro atoms. The minimum Gasteiger partial charge on any atom is -0.384 e. The van der Waals surface area contributed by atoms with Gasteiger partial charge in [0.2, 0.25) is 0 Å². The Morgan fingerprint density at radius 1 is 1.33 bits per heavy atom. The van der Waals surface area contributed by atoms with E-state index in [0.29, 0.717) is 16.9 Å². The lowest BCUT2D eigenvalue weighted by Gasteiger charge is -2.07. The molecule has 0 aromatic carbocycles. The van der Waals surface area contributed by atoms with Crippen molar-refractivity contribution in [1.82, 2.24) is 19.5 Å². The van der Waals surface area contributed by atoms with E-state index in [4.69, 9.17) is 5.73 Å². The third kappa shape index (κ3) is 2.24. The van der Waals surface area contributed by atoms with Crippen molar-refractivity contribution in [3.63, 3.8) is 0 Å². The molecule has 0 saturated carbocycles. The summed E-state index contributed by atoms with van der Waals surface area (Å²) >= 11 is 0. The first-order chi connectivity index (χ1) is 10.1. The average Bonchev–Trinajstić information content (AvgIpc) is 2.86. The molecule has 3 aromatic rings. The molecule has 0 bridgehead atoms. The average molecular weight is 281 g/mol. The summed E-state index contributed by atoms with van der Waals surface area (Å²) in [6.07, 6.45) is 6.50. The van der Waals surface area contributed by atoms with Gasteiger partial charge in [0, 0.05) is 35.6 Å². The van der Waals surface area contributed by atoms with E-state index < -0.39 is 0 Å². The highest BCUT2D eigenvalue weighted by atomic mass is 16.1. The zero-order valence-electron chi connectivity index (χ0n) is 11.8. The van der Waals surface area contributed by atoms with Crippen molar-refractivity contribution in [3.8, 4) is 0 Å². The number of nitrogens with two attached hydrogens (primary N) is 1. The standard InChI is InChI=1S/C15H15N5O/c1-9(2)20-7-12(11-6-17-8-19-15(11)20)14(21)10-3-4-18-13(16)5-10/h3-9H,1-2H3,(H2,16,18). The maximum Gasteiger partial charge on any atom is 0.195 e. The Balaban J connectivity index is 2.19. The fourth-order valence-electron chi connectivity index (χ4n) is 2.31. The fraction of sp³-hybridized carbons (Fsp3) is 0.200. The van der Waals surface area contributed by atoms with Gasteiger partial charge in [-0.15, -0.1) is 0 Å². The Hall–Kier alpha value is -2.76. The van der Waals surface area contributed by atoms with Gasteiger partial charge in [-0.25, -0.2) is 15.0 Å². The topological polar surface area (TPSA) is 86.7 Å². The van der Waals surface area contributed by atoms with Crippen LogP contribution in [0, 0.1) is 0 Å². The first kappa shape index (κ1) is 13.2. The molecule has 3 rings (SSSR count). The van der Waals surface area contributed by atoms with Gasteiger partial charge in [0.15, 0.2) is 5.78 Å². The third-order valence-electron chi connectivity index (χ3n) is 3.34. The van der Waals surface area contributed by atoms with Crippen molar-refractivity contribution < 1.29 is 4.79 Å². The number of anilines is 1. The van der Waals surface area contributed by atoms with E-state index in [-0.39, 0.29) is 11.8 Å². The molecule has 0 aliphatic heterocycles. The van der Waals surface area contributed by atoms with E-state index in [1.54, 1.807) is 18.3 Å².